The normalized spacial score (nSPS) is 29.4. The Labute approximate surface area is 120 Å². The van der Waals surface area contributed by atoms with Gasteiger partial charge in [0.25, 0.3) is 0 Å². The SMILES string of the molecule is CN1C2CCC1CN(CC(N)c1ccc(F)cc1)CC2. The molecule has 0 aliphatic carbocycles. The van der Waals surface area contributed by atoms with Crippen LogP contribution in [-0.4, -0.2) is 48.6 Å². The Hall–Kier alpha value is -0.970. The molecule has 0 saturated carbocycles. The first kappa shape index (κ1) is 14.0. The largest absolute Gasteiger partial charge is 0.323 e. The first-order chi connectivity index (χ1) is 9.63. The van der Waals surface area contributed by atoms with Crippen molar-refractivity contribution >= 4 is 0 Å². The van der Waals surface area contributed by atoms with Crippen LogP contribution >= 0.6 is 0 Å². The van der Waals surface area contributed by atoms with E-state index in [2.05, 4.69) is 16.8 Å². The second-order valence-corrected chi connectivity index (χ2v) is 6.26. The lowest BCUT2D eigenvalue weighted by Crippen LogP contribution is -2.39. The molecule has 3 atom stereocenters. The molecular formula is C16H24FN3. The summed E-state index contributed by atoms with van der Waals surface area (Å²) >= 11 is 0. The van der Waals surface area contributed by atoms with E-state index in [9.17, 15) is 4.39 Å². The lowest BCUT2D eigenvalue weighted by atomic mass is 10.0. The highest BCUT2D eigenvalue weighted by atomic mass is 19.1. The summed E-state index contributed by atoms with van der Waals surface area (Å²) in [6.45, 7) is 3.10. The summed E-state index contributed by atoms with van der Waals surface area (Å²) in [6.07, 6.45) is 3.89. The van der Waals surface area contributed by atoms with Crippen LogP contribution in [0.3, 0.4) is 0 Å². The van der Waals surface area contributed by atoms with Crippen molar-refractivity contribution in [1.29, 1.82) is 0 Å². The molecule has 3 unspecified atom stereocenters. The highest BCUT2D eigenvalue weighted by Crippen LogP contribution is 2.29. The quantitative estimate of drug-likeness (QED) is 0.917. The monoisotopic (exact) mass is 277 g/mol. The first-order valence-electron chi connectivity index (χ1n) is 7.59. The van der Waals surface area contributed by atoms with Crippen molar-refractivity contribution < 1.29 is 4.39 Å². The number of likely N-dealkylation sites (tertiary alicyclic amines) is 1. The van der Waals surface area contributed by atoms with E-state index in [0.29, 0.717) is 6.04 Å². The fraction of sp³-hybridized carbons (Fsp3) is 0.625. The predicted molar refractivity (Wildman–Crippen MR) is 79.0 cm³/mol. The molecule has 0 amide bonds. The molecule has 4 heteroatoms. The number of rotatable bonds is 3. The smallest absolute Gasteiger partial charge is 0.123 e. The first-order valence-corrected chi connectivity index (χ1v) is 7.59. The topological polar surface area (TPSA) is 32.5 Å². The molecule has 3 rings (SSSR count). The van der Waals surface area contributed by atoms with Gasteiger partial charge in [0.1, 0.15) is 5.82 Å². The number of hydrogen-bond donors (Lipinski definition) is 1. The fourth-order valence-corrected chi connectivity index (χ4v) is 3.64. The van der Waals surface area contributed by atoms with E-state index in [1.54, 1.807) is 12.1 Å². The highest BCUT2D eigenvalue weighted by Gasteiger charge is 2.34. The minimum atomic E-state index is -0.199. The van der Waals surface area contributed by atoms with Gasteiger partial charge in [0.05, 0.1) is 0 Å². The average molecular weight is 277 g/mol. The standard InChI is InChI=1S/C16H24FN3/c1-19-14-6-7-15(19)10-20(9-8-14)11-16(18)12-2-4-13(17)5-3-12/h2-5,14-16H,6-11,18H2,1H3. The average Bonchev–Trinajstić information content (AvgIpc) is 2.68. The Bertz CT molecular complexity index is 448. The van der Waals surface area contributed by atoms with Crippen LogP contribution in [0, 0.1) is 5.82 Å². The summed E-state index contributed by atoms with van der Waals surface area (Å²) in [4.78, 5) is 5.03. The molecule has 20 heavy (non-hydrogen) atoms. The van der Waals surface area contributed by atoms with Crippen LogP contribution in [-0.2, 0) is 0 Å². The lowest BCUT2D eigenvalue weighted by Gasteiger charge is -2.28. The van der Waals surface area contributed by atoms with Gasteiger partial charge in [-0.05, 0) is 50.6 Å². The van der Waals surface area contributed by atoms with E-state index in [0.717, 1.165) is 31.2 Å². The third-order valence-corrected chi connectivity index (χ3v) is 4.99. The van der Waals surface area contributed by atoms with Crippen LogP contribution in [0.5, 0.6) is 0 Å². The van der Waals surface area contributed by atoms with E-state index < -0.39 is 0 Å². The molecule has 2 aliphatic heterocycles. The molecule has 1 aromatic carbocycles. The second kappa shape index (κ2) is 5.80. The van der Waals surface area contributed by atoms with Gasteiger partial charge in [0.2, 0.25) is 0 Å². The third-order valence-electron chi connectivity index (χ3n) is 4.99. The molecule has 2 saturated heterocycles. The van der Waals surface area contributed by atoms with E-state index in [1.165, 1.54) is 31.4 Å². The van der Waals surface area contributed by atoms with E-state index >= 15 is 0 Å². The number of halogens is 1. The molecule has 3 nitrogen and oxygen atoms in total. The maximum Gasteiger partial charge on any atom is 0.123 e. The Morgan fingerprint density at radius 1 is 1.20 bits per heavy atom. The zero-order chi connectivity index (χ0) is 14.1. The van der Waals surface area contributed by atoms with E-state index in [1.807, 2.05) is 0 Å². The van der Waals surface area contributed by atoms with Gasteiger partial charge in [-0.3, -0.25) is 9.80 Å². The molecule has 2 N–H and O–H groups in total. The number of fused-ring (bicyclic) bond motifs is 2. The van der Waals surface area contributed by atoms with Crippen LogP contribution in [0.15, 0.2) is 24.3 Å². The lowest BCUT2D eigenvalue weighted by molar-refractivity contribution is 0.212. The molecule has 2 aliphatic rings. The third kappa shape index (κ3) is 2.87. The molecular weight excluding hydrogens is 253 g/mol. The molecule has 2 bridgehead atoms. The van der Waals surface area contributed by atoms with Gasteiger partial charge < -0.3 is 5.73 Å². The maximum absolute atomic E-state index is 13.0. The Morgan fingerprint density at radius 2 is 1.90 bits per heavy atom. The van der Waals surface area contributed by atoms with Crippen LogP contribution in [0.4, 0.5) is 4.39 Å². The number of likely N-dealkylation sites (N-methyl/N-ethyl adjacent to an activating group) is 1. The van der Waals surface area contributed by atoms with Crippen LogP contribution < -0.4 is 5.73 Å². The summed E-state index contributed by atoms with van der Waals surface area (Å²) in [5, 5.41) is 0. The minimum Gasteiger partial charge on any atom is -0.323 e. The van der Waals surface area contributed by atoms with E-state index in [-0.39, 0.29) is 11.9 Å². The summed E-state index contributed by atoms with van der Waals surface area (Å²) in [6, 6.07) is 8.00. The molecule has 0 spiro atoms. The Morgan fingerprint density at radius 3 is 2.65 bits per heavy atom. The summed E-state index contributed by atoms with van der Waals surface area (Å²) in [5.41, 5.74) is 7.30. The predicted octanol–water partition coefficient (Wildman–Crippen LogP) is 1.99. The van der Waals surface area contributed by atoms with Gasteiger partial charge >= 0.3 is 0 Å². The molecule has 2 fully saturated rings. The summed E-state index contributed by atoms with van der Waals surface area (Å²) in [5.74, 6) is -0.199. The number of nitrogens with zero attached hydrogens (tertiary/aromatic N) is 2. The van der Waals surface area contributed by atoms with Crippen molar-refractivity contribution in [2.45, 2.75) is 37.4 Å². The number of benzene rings is 1. The minimum absolute atomic E-state index is 0.0301. The van der Waals surface area contributed by atoms with Crippen molar-refractivity contribution in [3.8, 4) is 0 Å². The summed E-state index contributed by atoms with van der Waals surface area (Å²) < 4.78 is 13.0. The van der Waals surface area contributed by atoms with Gasteiger partial charge in [-0.25, -0.2) is 4.39 Å². The molecule has 1 aromatic rings. The maximum atomic E-state index is 13.0. The van der Waals surface area contributed by atoms with Gasteiger partial charge in [-0.1, -0.05) is 12.1 Å². The van der Waals surface area contributed by atoms with Crippen molar-refractivity contribution in [1.82, 2.24) is 9.80 Å². The van der Waals surface area contributed by atoms with Crippen LogP contribution in [0.25, 0.3) is 0 Å². The van der Waals surface area contributed by atoms with Crippen LogP contribution in [0.1, 0.15) is 30.9 Å². The zero-order valence-electron chi connectivity index (χ0n) is 12.1. The van der Waals surface area contributed by atoms with Crippen LogP contribution in [0.2, 0.25) is 0 Å². The molecule has 2 heterocycles. The van der Waals surface area contributed by atoms with Gasteiger partial charge in [0.15, 0.2) is 0 Å². The molecule has 0 radical (unpaired) electrons. The van der Waals surface area contributed by atoms with E-state index in [4.69, 9.17) is 5.73 Å². The fourth-order valence-electron chi connectivity index (χ4n) is 3.64. The second-order valence-electron chi connectivity index (χ2n) is 6.26. The van der Waals surface area contributed by atoms with Crippen molar-refractivity contribution in [2.24, 2.45) is 5.73 Å². The number of nitrogens with two attached hydrogens (primary N) is 1. The van der Waals surface area contributed by atoms with Gasteiger partial charge in [-0.15, -0.1) is 0 Å². The molecule has 110 valence electrons. The van der Waals surface area contributed by atoms with Crippen molar-refractivity contribution in [3.63, 3.8) is 0 Å². The zero-order valence-corrected chi connectivity index (χ0v) is 12.1. The number of hydrogen-bond acceptors (Lipinski definition) is 3. The Balaban J connectivity index is 1.61. The van der Waals surface area contributed by atoms with Crippen molar-refractivity contribution in [2.75, 3.05) is 26.7 Å². The molecule has 0 aromatic heterocycles. The highest BCUT2D eigenvalue weighted by molar-refractivity contribution is 5.19. The van der Waals surface area contributed by atoms with Gasteiger partial charge in [-0.2, -0.15) is 0 Å². The Kier molecular flexibility index (Phi) is 4.06. The van der Waals surface area contributed by atoms with Gasteiger partial charge in [0, 0.05) is 31.2 Å². The summed E-state index contributed by atoms with van der Waals surface area (Å²) in [7, 11) is 2.26. The van der Waals surface area contributed by atoms with Crippen molar-refractivity contribution in [3.05, 3.63) is 35.6 Å².